The first-order valence-corrected chi connectivity index (χ1v) is 10.4. The van der Waals surface area contributed by atoms with Gasteiger partial charge in [0.1, 0.15) is 6.79 Å². The third-order valence-electron chi connectivity index (χ3n) is 6.61. The Hall–Kier alpha value is -1.87. The van der Waals surface area contributed by atoms with Crippen LogP contribution in [0.4, 0.5) is 13.2 Å². The molecule has 0 saturated heterocycles. The van der Waals surface area contributed by atoms with Crippen LogP contribution in [0.5, 0.6) is 0 Å². The van der Waals surface area contributed by atoms with Gasteiger partial charge in [-0.3, -0.25) is 4.68 Å². The highest BCUT2D eigenvalue weighted by molar-refractivity contribution is 5.68. The zero-order valence-electron chi connectivity index (χ0n) is 17.8. The molecule has 0 spiro atoms. The molecule has 0 bridgehead atoms. The average Bonchev–Trinajstić information content (AvgIpc) is 3.30. The number of ether oxygens (including phenoxy) is 2. The van der Waals surface area contributed by atoms with Gasteiger partial charge in [0.2, 0.25) is 0 Å². The lowest BCUT2D eigenvalue weighted by molar-refractivity contribution is -0.147. The Morgan fingerprint density at radius 1 is 1.33 bits per heavy atom. The summed E-state index contributed by atoms with van der Waals surface area (Å²) < 4.78 is 58.1. The zero-order valence-corrected chi connectivity index (χ0v) is 17.8. The number of hydrogen-bond donors (Lipinski definition) is 0. The summed E-state index contributed by atoms with van der Waals surface area (Å²) in [4.78, 5) is 0. The minimum Gasteiger partial charge on any atom is -0.359 e. The largest absolute Gasteiger partial charge is 0.397 e. The molecule has 2 aliphatic rings. The van der Waals surface area contributed by atoms with Crippen molar-refractivity contribution in [1.29, 1.82) is 0 Å². The Kier molecular flexibility index (Phi) is 5.47. The van der Waals surface area contributed by atoms with E-state index < -0.39 is 12.1 Å². The van der Waals surface area contributed by atoms with Gasteiger partial charge >= 0.3 is 6.18 Å². The van der Waals surface area contributed by atoms with Crippen LogP contribution in [0.25, 0.3) is 11.3 Å². The van der Waals surface area contributed by atoms with Crippen molar-refractivity contribution in [1.82, 2.24) is 14.9 Å². The smallest absolute Gasteiger partial charge is 0.359 e. The highest BCUT2D eigenvalue weighted by atomic mass is 19.4. The van der Waals surface area contributed by atoms with Crippen molar-refractivity contribution in [3.05, 3.63) is 23.1 Å². The number of rotatable bonds is 5. The van der Waals surface area contributed by atoms with E-state index >= 15 is 0 Å². The van der Waals surface area contributed by atoms with Crippen molar-refractivity contribution >= 4 is 0 Å². The SMILES string of the molecule is COCOC1(C)CCC(n2cc3c(n2)C[C@@H](C)c2c([C@H](C)C(F)(F)F)noc2-3)CC1. The molecule has 2 heterocycles. The van der Waals surface area contributed by atoms with Crippen LogP contribution in [0, 0.1) is 0 Å². The molecule has 4 rings (SSSR count). The van der Waals surface area contributed by atoms with Gasteiger partial charge in [0.15, 0.2) is 5.76 Å². The Balaban J connectivity index is 1.57. The molecule has 0 aliphatic heterocycles. The molecule has 2 aliphatic carbocycles. The van der Waals surface area contributed by atoms with Crippen LogP contribution in [0.15, 0.2) is 10.7 Å². The van der Waals surface area contributed by atoms with Crippen LogP contribution in [0.1, 0.15) is 81.3 Å². The second-order valence-corrected chi connectivity index (χ2v) is 8.88. The van der Waals surface area contributed by atoms with E-state index in [2.05, 4.69) is 12.1 Å². The number of aromatic nitrogens is 3. The number of alkyl halides is 3. The second-order valence-electron chi connectivity index (χ2n) is 8.88. The van der Waals surface area contributed by atoms with Gasteiger partial charge in [0.25, 0.3) is 0 Å². The van der Waals surface area contributed by atoms with Gasteiger partial charge in [-0.1, -0.05) is 12.1 Å². The Bertz CT molecular complexity index is 897. The molecule has 30 heavy (non-hydrogen) atoms. The molecule has 0 aromatic carbocycles. The summed E-state index contributed by atoms with van der Waals surface area (Å²) >= 11 is 0. The van der Waals surface area contributed by atoms with Crippen LogP contribution >= 0.6 is 0 Å². The van der Waals surface area contributed by atoms with E-state index in [4.69, 9.17) is 19.1 Å². The molecule has 0 unspecified atom stereocenters. The van der Waals surface area contributed by atoms with E-state index in [0.717, 1.165) is 43.9 Å². The maximum Gasteiger partial charge on any atom is 0.397 e. The van der Waals surface area contributed by atoms with Gasteiger partial charge in [0, 0.05) is 18.9 Å². The molecule has 6 nitrogen and oxygen atoms in total. The first-order chi connectivity index (χ1) is 14.1. The molecule has 2 aromatic rings. The molecule has 0 N–H and O–H groups in total. The van der Waals surface area contributed by atoms with Gasteiger partial charge in [-0.05, 0) is 51.9 Å². The van der Waals surface area contributed by atoms with Crippen LogP contribution in [0.3, 0.4) is 0 Å². The molecule has 1 saturated carbocycles. The van der Waals surface area contributed by atoms with E-state index in [9.17, 15) is 13.2 Å². The quantitative estimate of drug-likeness (QED) is 0.602. The van der Waals surface area contributed by atoms with Gasteiger partial charge in [-0.2, -0.15) is 18.3 Å². The van der Waals surface area contributed by atoms with Gasteiger partial charge < -0.3 is 14.0 Å². The summed E-state index contributed by atoms with van der Waals surface area (Å²) in [5.41, 5.74) is 1.99. The molecular formula is C21H28F3N3O3. The van der Waals surface area contributed by atoms with Crippen LogP contribution in [-0.4, -0.2) is 40.6 Å². The first-order valence-electron chi connectivity index (χ1n) is 10.4. The van der Waals surface area contributed by atoms with Crippen molar-refractivity contribution < 1.29 is 27.2 Å². The lowest BCUT2D eigenvalue weighted by atomic mass is 9.83. The fourth-order valence-electron chi connectivity index (χ4n) is 4.62. The fraction of sp³-hybridized carbons (Fsp3) is 0.714. The van der Waals surface area contributed by atoms with E-state index in [1.54, 1.807) is 7.11 Å². The molecule has 2 atom stereocenters. The van der Waals surface area contributed by atoms with Gasteiger partial charge in [-0.25, -0.2) is 0 Å². The first kappa shape index (κ1) is 21.4. The molecular weight excluding hydrogens is 399 g/mol. The highest BCUT2D eigenvalue weighted by Crippen LogP contribution is 2.46. The summed E-state index contributed by atoms with van der Waals surface area (Å²) in [5, 5.41) is 8.60. The number of nitrogens with zero attached hydrogens (tertiary/aromatic N) is 3. The van der Waals surface area contributed by atoms with E-state index in [-0.39, 0.29) is 30.0 Å². The van der Waals surface area contributed by atoms with Crippen LogP contribution in [-0.2, 0) is 15.9 Å². The Morgan fingerprint density at radius 3 is 2.67 bits per heavy atom. The van der Waals surface area contributed by atoms with Crippen molar-refractivity contribution in [3.63, 3.8) is 0 Å². The van der Waals surface area contributed by atoms with E-state index in [0.29, 0.717) is 17.7 Å². The topological polar surface area (TPSA) is 62.3 Å². The predicted octanol–water partition coefficient (Wildman–Crippen LogP) is 5.36. The van der Waals surface area contributed by atoms with Crippen LogP contribution < -0.4 is 0 Å². The summed E-state index contributed by atoms with van der Waals surface area (Å²) in [7, 11) is 1.61. The summed E-state index contributed by atoms with van der Waals surface area (Å²) in [6.45, 7) is 5.42. The normalized spacial score (nSPS) is 27.6. The third-order valence-corrected chi connectivity index (χ3v) is 6.61. The van der Waals surface area contributed by atoms with Gasteiger partial charge in [0.05, 0.1) is 34.5 Å². The highest BCUT2D eigenvalue weighted by Gasteiger charge is 2.43. The maximum absolute atomic E-state index is 13.3. The summed E-state index contributed by atoms with van der Waals surface area (Å²) in [5.74, 6) is -1.35. The zero-order chi connectivity index (χ0) is 21.7. The third kappa shape index (κ3) is 3.77. The molecule has 1 fully saturated rings. The maximum atomic E-state index is 13.3. The second kappa shape index (κ2) is 7.67. The average molecular weight is 427 g/mol. The molecule has 0 radical (unpaired) electrons. The summed E-state index contributed by atoms with van der Waals surface area (Å²) in [6, 6.07) is 0.227. The molecule has 0 amide bonds. The van der Waals surface area contributed by atoms with Crippen molar-refractivity contribution in [3.8, 4) is 11.3 Å². The van der Waals surface area contributed by atoms with E-state index in [1.807, 2.05) is 17.8 Å². The number of halogens is 3. The van der Waals surface area contributed by atoms with Crippen molar-refractivity contribution in [2.24, 2.45) is 0 Å². The van der Waals surface area contributed by atoms with Crippen molar-refractivity contribution in [2.75, 3.05) is 13.9 Å². The van der Waals surface area contributed by atoms with Crippen LogP contribution in [0.2, 0.25) is 0 Å². The van der Waals surface area contributed by atoms with Crippen molar-refractivity contribution in [2.45, 2.75) is 82.5 Å². The van der Waals surface area contributed by atoms with Gasteiger partial charge in [-0.15, -0.1) is 0 Å². The monoisotopic (exact) mass is 427 g/mol. The Labute approximate surface area is 173 Å². The lowest BCUT2D eigenvalue weighted by Gasteiger charge is -2.37. The molecule has 9 heteroatoms. The molecule has 2 aromatic heterocycles. The number of fused-ring (bicyclic) bond motifs is 3. The number of hydrogen-bond acceptors (Lipinski definition) is 5. The minimum absolute atomic E-state index is 0.00729. The number of methoxy groups -OCH3 is 1. The predicted molar refractivity (Wildman–Crippen MR) is 103 cm³/mol. The standard InChI is InChI=1S/C21H28F3N3O3/c1-12-9-16-15(19-17(12)18(26-30-19)13(2)21(22,23)24)10-27(25-16)14-5-7-20(3,8-6-14)29-11-28-4/h10,12-14H,5-9,11H2,1-4H3/t12-,13+,14?,20?/m1/s1. The van der Waals surface area contributed by atoms with E-state index in [1.165, 1.54) is 0 Å². The minimum atomic E-state index is -4.35. The lowest BCUT2D eigenvalue weighted by Crippen LogP contribution is -2.35. The Morgan fingerprint density at radius 2 is 2.03 bits per heavy atom. The fourth-order valence-corrected chi connectivity index (χ4v) is 4.62. The molecule has 166 valence electrons. The summed E-state index contributed by atoms with van der Waals surface area (Å²) in [6.07, 6.45) is 1.75.